The molecule has 0 radical (unpaired) electrons. The standard InChI is InChI=1S/C15H29N3O2/c1-6-10-18(11-12(19)17(4)5)14(20)13-15(2,3)8-7-9-16-13/h13,16H,6-11H2,1-5H3. The quantitative estimate of drug-likeness (QED) is 0.822. The van der Waals surface area contributed by atoms with E-state index in [1.807, 2.05) is 6.92 Å². The summed E-state index contributed by atoms with van der Waals surface area (Å²) < 4.78 is 0. The molecule has 5 heteroatoms. The molecule has 20 heavy (non-hydrogen) atoms. The van der Waals surface area contributed by atoms with Crippen LogP contribution in [-0.2, 0) is 9.59 Å². The van der Waals surface area contributed by atoms with Gasteiger partial charge in [-0.05, 0) is 31.2 Å². The van der Waals surface area contributed by atoms with Gasteiger partial charge >= 0.3 is 0 Å². The molecular formula is C15H29N3O2. The van der Waals surface area contributed by atoms with Crippen molar-refractivity contribution in [1.82, 2.24) is 15.1 Å². The largest absolute Gasteiger partial charge is 0.347 e. The topological polar surface area (TPSA) is 52.7 Å². The normalized spacial score (nSPS) is 21.4. The lowest BCUT2D eigenvalue weighted by Crippen LogP contribution is -2.57. The Labute approximate surface area is 122 Å². The number of hydrogen-bond acceptors (Lipinski definition) is 3. The first-order chi connectivity index (χ1) is 9.29. The molecule has 5 nitrogen and oxygen atoms in total. The fourth-order valence-electron chi connectivity index (χ4n) is 2.66. The molecule has 1 rings (SSSR count). The smallest absolute Gasteiger partial charge is 0.241 e. The zero-order valence-electron chi connectivity index (χ0n) is 13.5. The fourth-order valence-corrected chi connectivity index (χ4v) is 2.66. The molecule has 0 spiro atoms. The molecule has 2 amide bonds. The van der Waals surface area contributed by atoms with Gasteiger partial charge in [-0.15, -0.1) is 0 Å². The number of likely N-dealkylation sites (N-methyl/N-ethyl adjacent to an activating group) is 1. The first kappa shape index (κ1) is 17.0. The van der Waals surface area contributed by atoms with E-state index in [1.165, 1.54) is 4.90 Å². The van der Waals surface area contributed by atoms with Crippen molar-refractivity contribution in [3.8, 4) is 0 Å². The molecule has 0 aromatic heterocycles. The van der Waals surface area contributed by atoms with Crippen LogP contribution < -0.4 is 5.32 Å². The van der Waals surface area contributed by atoms with Crippen molar-refractivity contribution in [1.29, 1.82) is 0 Å². The number of carbonyl (C=O) groups is 2. The van der Waals surface area contributed by atoms with Gasteiger partial charge in [-0.1, -0.05) is 20.8 Å². The fraction of sp³-hybridized carbons (Fsp3) is 0.867. The second-order valence-electron chi connectivity index (χ2n) is 6.53. The van der Waals surface area contributed by atoms with Crippen molar-refractivity contribution in [2.75, 3.05) is 33.7 Å². The van der Waals surface area contributed by atoms with Crippen molar-refractivity contribution in [3.63, 3.8) is 0 Å². The number of hydrogen-bond donors (Lipinski definition) is 1. The van der Waals surface area contributed by atoms with E-state index in [4.69, 9.17) is 0 Å². The third-order valence-corrected chi connectivity index (χ3v) is 4.00. The van der Waals surface area contributed by atoms with Crippen molar-refractivity contribution < 1.29 is 9.59 Å². The Hall–Kier alpha value is -1.10. The Balaban J connectivity index is 2.79. The van der Waals surface area contributed by atoms with Crippen LogP contribution in [0.2, 0.25) is 0 Å². The van der Waals surface area contributed by atoms with Gasteiger partial charge in [0, 0.05) is 20.6 Å². The maximum Gasteiger partial charge on any atom is 0.241 e. The highest BCUT2D eigenvalue weighted by atomic mass is 16.2. The summed E-state index contributed by atoms with van der Waals surface area (Å²) in [5.74, 6) is 0.0344. The lowest BCUT2D eigenvalue weighted by Gasteiger charge is -2.40. The zero-order valence-corrected chi connectivity index (χ0v) is 13.5. The van der Waals surface area contributed by atoms with Crippen LogP contribution in [0, 0.1) is 5.41 Å². The number of carbonyl (C=O) groups excluding carboxylic acids is 2. The van der Waals surface area contributed by atoms with E-state index >= 15 is 0 Å². The molecule has 0 aromatic carbocycles. The van der Waals surface area contributed by atoms with E-state index in [0.29, 0.717) is 6.54 Å². The van der Waals surface area contributed by atoms with E-state index in [0.717, 1.165) is 25.8 Å². The third kappa shape index (κ3) is 4.20. The number of nitrogens with zero attached hydrogens (tertiary/aromatic N) is 2. The van der Waals surface area contributed by atoms with Crippen molar-refractivity contribution in [2.24, 2.45) is 5.41 Å². The van der Waals surface area contributed by atoms with E-state index in [1.54, 1.807) is 19.0 Å². The average Bonchev–Trinajstić information content (AvgIpc) is 2.36. The van der Waals surface area contributed by atoms with Crippen LogP contribution in [0.3, 0.4) is 0 Å². The molecule has 0 bridgehead atoms. The van der Waals surface area contributed by atoms with Crippen LogP contribution in [-0.4, -0.2) is 61.4 Å². The molecule has 1 atom stereocenters. The van der Waals surface area contributed by atoms with Crippen LogP contribution in [0.25, 0.3) is 0 Å². The highest BCUT2D eigenvalue weighted by molar-refractivity contribution is 5.88. The van der Waals surface area contributed by atoms with E-state index in [9.17, 15) is 9.59 Å². The number of piperidine rings is 1. The summed E-state index contributed by atoms with van der Waals surface area (Å²) in [6.45, 7) is 7.96. The summed E-state index contributed by atoms with van der Waals surface area (Å²) in [5, 5.41) is 3.33. The molecule has 1 heterocycles. The molecule has 1 aliphatic heterocycles. The Morgan fingerprint density at radius 1 is 1.30 bits per heavy atom. The maximum absolute atomic E-state index is 12.8. The summed E-state index contributed by atoms with van der Waals surface area (Å²) in [7, 11) is 3.44. The van der Waals surface area contributed by atoms with Gasteiger partial charge in [0.15, 0.2) is 0 Å². The van der Waals surface area contributed by atoms with Gasteiger partial charge in [0.1, 0.15) is 0 Å². The second-order valence-corrected chi connectivity index (χ2v) is 6.53. The number of rotatable bonds is 5. The molecule has 0 aromatic rings. The van der Waals surface area contributed by atoms with Crippen molar-refractivity contribution >= 4 is 11.8 Å². The van der Waals surface area contributed by atoms with E-state index in [2.05, 4.69) is 19.2 Å². The predicted octanol–water partition coefficient (Wildman–Crippen LogP) is 1.09. The van der Waals surface area contributed by atoms with Crippen molar-refractivity contribution in [2.45, 2.75) is 46.1 Å². The van der Waals surface area contributed by atoms with Crippen LogP contribution in [0.5, 0.6) is 0 Å². The minimum absolute atomic E-state index is 0.0274. The average molecular weight is 283 g/mol. The molecule has 1 saturated heterocycles. The first-order valence-electron chi connectivity index (χ1n) is 7.52. The minimum Gasteiger partial charge on any atom is -0.347 e. The molecule has 116 valence electrons. The van der Waals surface area contributed by atoms with Gasteiger partial charge in [0.2, 0.25) is 11.8 Å². The summed E-state index contributed by atoms with van der Waals surface area (Å²) >= 11 is 0. The lowest BCUT2D eigenvalue weighted by atomic mass is 9.77. The second kappa shape index (κ2) is 7.07. The van der Waals surface area contributed by atoms with E-state index < -0.39 is 0 Å². The minimum atomic E-state index is -0.183. The molecule has 0 saturated carbocycles. The predicted molar refractivity (Wildman–Crippen MR) is 80.4 cm³/mol. The van der Waals surface area contributed by atoms with Crippen LogP contribution in [0.1, 0.15) is 40.0 Å². The number of amides is 2. The van der Waals surface area contributed by atoms with Crippen LogP contribution in [0.4, 0.5) is 0 Å². The highest BCUT2D eigenvalue weighted by Crippen LogP contribution is 2.31. The summed E-state index contributed by atoms with van der Waals surface area (Å²) in [6, 6.07) is -0.183. The van der Waals surface area contributed by atoms with Crippen LogP contribution in [0.15, 0.2) is 0 Å². The Bertz CT molecular complexity index is 353. The third-order valence-electron chi connectivity index (χ3n) is 4.00. The van der Waals surface area contributed by atoms with Gasteiger partial charge < -0.3 is 15.1 Å². The van der Waals surface area contributed by atoms with Crippen molar-refractivity contribution in [3.05, 3.63) is 0 Å². The molecule has 1 N–H and O–H groups in total. The summed E-state index contributed by atoms with van der Waals surface area (Å²) in [6.07, 6.45) is 3.00. The maximum atomic E-state index is 12.8. The van der Waals surface area contributed by atoms with Gasteiger partial charge in [0.25, 0.3) is 0 Å². The molecule has 1 fully saturated rings. The van der Waals surface area contributed by atoms with E-state index in [-0.39, 0.29) is 29.8 Å². The monoisotopic (exact) mass is 283 g/mol. The molecule has 1 aliphatic rings. The van der Waals surface area contributed by atoms with Gasteiger partial charge in [-0.2, -0.15) is 0 Å². The lowest BCUT2D eigenvalue weighted by molar-refractivity contribution is -0.143. The van der Waals surface area contributed by atoms with Gasteiger partial charge in [0.05, 0.1) is 12.6 Å². The zero-order chi connectivity index (χ0) is 15.3. The Kier molecular flexibility index (Phi) is 5.99. The first-order valence-corrected chi connectivity index (χ1v) is 7.52. The van der Waals surface area contributed by atoms with Gasteiger partial charge in [-0.25, -0.2) is 0 Å². The molecular weight excluding hydrogens is 254 g/mol. The van der Waals surface area contributed by atoms with Gasteiger partial charge in [-0.3, -0.25) is 9.59 Å². The Morgan fingerprint density at radius 3 is 2.45 bits per heavy atom. The summed E-state index contributed by atoms with van der Waals surface area (Å²) in [4.78, 5) is 27.9. The highest BCUT2D eigenvalue weighted by Gasteiger charge is 2.39. The molecule has 1 unspecified atom stereocenters. The summed E-state index contributed by atoms with van der Waals surface area (Å²) in [5.41, 5.74) is -0.0531. The number of nitrogens with one attached hydrogen (secondary N) is 1. The SMILES string of the molecule is CCCN(CC(=O)N(C)C)C(=O)C1NCCCC1(C)C. The Morgan fingerprint density at radius 2 is 1.95 bits per heavy atom. The van der Waals surface area contributed by atoms with Crippen LogP contribution >= 0.6 is 0 Å². The molecule has 0 aliphatic carbocycles.